The summed E-state index contributed by atoms with van der Waals surface area (Å²) >= 11 is 3.56. The molecule has 5 rings (SSSR count). The Morgan fingerprint density at radius 2 is 1.64 bits per heavy atom. The van der Waals surface area contributed by atoms with Gasteiger partial charge in [-0.05, 0) is 54.4 Å². The Morgan fingerprint density at radius 3 is 2.28 bits per heavy atom. The van der Waals surface area contributed by atoms with E-state index in [1.54, 1.807) is 13.3 Å². The molecule has 7 heteroatoms. The zero-order chi connectivity index (χ0) is 27.2. The second-order valence-corrected chi connectivity index (χ2v) is 9.85. The van der Waals surface area contributed by atoms with Gasteiger partial charge in [-0.25, -0.2) is 4.98 Å². The SMILES string of the molecule is COCc1cc(C)nc(NN=Cc2cc(-c3ccccc3)n(-c3ccc(Br)cc3)c2-c2ccccc2)c1C#N. The number of aromatic nitrogens is 2. The number of pyridine rings is 1. The minimum atomic E-state index is 0.319. The van der Waals surface area contributed by atoms with E-state index in [0.717, 1.165) is 49.5 Å². The van der Waals surface area contributed by atoms with Crippen molar-refractivity contribution in [1.29, 1.82) is 5.26 Å². The summed E-state index contributed by atoms with van der Waals surface area (Å²) in [7, 11) is 1.60. The first-order valence-electron chi connectivity index (χ1n) is 12.4. The molecule has 2 aromatic heterocycles. The van der Waals surface area contributed by atoms with Crippen LogP contribution in [0.2, 0.25) is 0 Å². The molecule has 0 spiro atoms. The number of ether oxygens (including phenoxy) is 1. The monoisotopic (exact) mass is 575 g/mol. The summed E-state index contributed by atoms with van der Waals surface area (Å²) in [5.74, 6) is 0.401. The van der Waals surface area contributed by atoms with E-state index in [-0.39, 0.29) is 0 Å². The fourth-order valence-corrected chi connectivity index (χ4v) is 4.84. The number of hydrogen-bond acceptors (Lipinski definition) is 5. The van der Waals surface area contributed by atoms with Crippen molar-refractivity contribution in [1.82, 2.24) is 9.55 Å². The van der Waals surface area contributed by atoms with E-state index >= 15 is 0 Å². The van der Waals surface area contributed by atoms with Crippen LogP contribution in [-0.4, -0.2) is 22.9 Å². The van der Waals surface area contributed by atoms with Gasteiger partial charge < -0.3 is 9.30 Å². The van der Waals surface area contributed by atoms with Gasteiger partial charge >= 0.3 is 0 Å². The van der Waals surface area contributed by atoms with Crippen LogP contribution in [-0.2, 0) is 11.3 Å². The molecular weight excluding hydrogens is 550 g/mol. The van der Waals surface area contributed by atoms with E-state index in [0.29, 0.717) is 18.0 Å². The normalized spacial score (nSPS) is 11.0. The molecule has 0 atom stereocenters. The number of nitrogens with zero attached hydrogens (tertiary/aromatic N) is 4. The van der Waals surface area contributed by atoms with Crippen LogP contribution < -0.4 is 5.43 Å². The molecule has 0 fully saturated rings. The van der Waals surface area contributed by atoms with Crippen molar-refractivity contribution < 1.29 is 4.74 Å². The highest BCUT2D eigenvalue weighted by Gasteiger charge is 2.19. The van der Waals surface area contributed by atoms with Crippen molar-refractivity contribution in [2.75, 3.05) is 12.5 Å². The van der Waals surface area contributed by atoms with Crippen LogP contribution in [0.25, 0.3) is 28.2 Å². The van der Waals surface area contributed by atoms with Gasteiger partial charge in [-0.1, -0.05) is 76.6 Å². The molecule has 0 amide bonds. The second kappa shape index (κ2) is 11.9. The molecular formula is C32H26BrN5O. The fourth-order valence-electron chi connectivity index (χ4n) is 4.58. The highest BCUT2D eigenvalue weighted by molar-refractivity contribution is 9.10. The lowest BCUT2D eigenvalue weighted by atomic mass is 10.1. The Balaban J connectivity index is 1.66. The zero-order valence-electron chi connectivity index (χ0n) is 21.6. The number of methoxy groups -OCH3 is 1. The first-order chi connectivity index (χ1) is 19.1. The molecule has 0 radical (unpaired) electrons. The van der Waals surface area contributed by atoms with Gasteiger partial charge in [-0.2, -0.15) is 10.4 Å². The number of aryl methyl sites for hydroxylation is 1. The Bertz CT molecular complexity index is 1650. The van der Waals surface area contributed by atoms with Crippen molar-refractivity contribution in [2.24, 2.45) is 5.10 Å². The standard InChI is InChI=1S/C32H26BrN5O/c1-22-17-26(21-39-2)29(19-34)32(36-22)37-35-20-25-18-30(23-9-5-3-6-10-23)38(28-15-13-27(33)14-16-28)31(25)24-11-7-4-8-12-24/h3-18,20H,21H2,1-2H3,(H,36,37). The number of benzene rings is 3. The summed E-state index contributed by atoms with van der Waals surface area (Å²) in [6.07, 6.45) is 1.78. The summed E-state index contributed by atoms with van der Waals surface area (Å²) in [6, 6.07) is 35.0. The summed E-state index contributed by atoms with van der Waals surface area (Å²) in [4.78, 5) is 4.51. The maximum absolute atomic E-state index is 9.79. The van der Waals surface area contributed by atoms with Gasteiger partial charge in [0.15, 0.2) is 5.82 Å². The highest BCUT2D eigenvalue weighted by atomic mass is 79.9. The van der Waals surface area contributed by atoms with Crippen LogP contribution in [0.4, 0.5) is 5.82 Å². The van der Waals surface area contributed by atoms with E-state index < -0.39 is 0 Å². The molecule has 3 aromatic carbocycles. The molecule has 5 aromatic rings. The molecule has 6 nitrogen and oxygen atoms in total. The van der Waals surface area contributed by atoms with Crippen LogP contribution in [0.1, 0.15) is 22.4 Å². The molecule has 0 aliphatic rings. The van der Waals surface area contributed by atoms with Crippen LogP contribution in [0.3, 0.4) is 0 Å². The zero-order valence-corrected chi connectivity index (χ0v) is 23.2. The molecule has 192 valence electrons. The van der Waals surface area contributed by atoms with Gasteiger partial charge in [0.25, 0.3) is 0 Å². The average molecular weight is 576 g/mol. The lowest BCUT2D eigenvalue weighted by molar-refractivity contribution is 0.184. The predicted molar refractivity (Wildman–Crippen MR) is 160 cm³/mol. The first-order valence-corrected chi connectivity index (χ1v) is 13.2. The van der Waals surface area contributed by atoms with E-state index in [2.05, 4.69) is 84.5 Å². The van der Waals surface area contributed by atoms with Gasteiger partial charge in [0, 0.05) is 34.1 Å². The third-order valence-electron chi connectivity index (χ3n) is 6.25. The van der Waals surface area contributed by atoms with Gasteiger partial charge in [0.05, 0.1) is 24.2 Å². The number of hydrogen-bond donors (Lipinski definition) is 1. The summed E-state index contributed by atoms with van der Waals surface area (Å²) in [6.45, 7) is 2.20. The molecule has 0 saturated carbocycles. The Kier molecular flexibility index (Phi) is 7.97. The fraction of sp³-hybridized carbons (Fsp3) is 0.0938. The number of rotatable bonds is 8. The van der Waals surface area contributed by atoms with Crippen molar-refractivity contribution in [2.45, 2.75) is 13.5 Å². The summed E-state index contributed by atoms with van der Waals surface area (Å²) in [5, 5.41) is 14.3. The number of halogens is 1. The van der Waals surface area contributed by atoms with Gasteiger partial charge in [-0.3, -0.25) is 5.43 Å². The number of nitriles is 1. The van der Waals surface area contributed by atoms with E-state index in [4.69, 9.17) is 4.74 Å². The van der Waals surface area contributed by atoms with Crippen molar-refractivity contribution in [3.63, 3.8) is 0 Å². The predicted octanol–water partition coefficient (Wildman–Crippen LogP) is 7.74. The third-order valence-corrected chi connectivity index (χ3v) is 6.78. The second-order valence-electron chi connectivity index (χ2n) is 8.94. The molecule has 39 heavy (non-hydrogen) atoms. The maximum atomic E-state index is 9.79. The van der Waals surface area contributed by atoms with Gasteiger partial charge in [0.1, 0.15) is 11.6 Å². The number of nitrogens with one attached hydrogen (secondary N) is 1. The van der Waals surface area contributed by atoms with E-state index in [1.165, 1.54) is 0 Å². The van der Waals surface area contributed by atoms with Crippen molar-refractivity contribution in [3.8, 4) is 34.3 Å². The molecule has 2 heterocycles. The average Bonchev–Trinajstić information content (AvgIpc) is 3.34. The molecule has 1 N–H and O–H groups in total. The van der Waals surface area contributed by atoms with Crippen LogP contribution in [0.15, 0.2) is 107 Å². The van der Waals surface area contributed by atoms with Crippen LogP contribution in [0.5, 0.6) is 0 Å². The molecule has 0 saturated heterocycles. The highest BCUT2D eigenvalue weighted by Crippen LogP contribution is 2.35. The summed E-state index contributed by atoms with van der Waals surface area (Å²) in [5.41, 5.74) is 11.1. The van der Waals surface area contributed by atoms with Crippen LogP contribution in [0, 0.1) is 18.3 Å². The molecule has 0 bridgehead atoms. The van der Waals surface area contributed by atoms with Crippen molar-refractivity contribution >= 4 is 28.0 Å². The molecule has 0 aliphatic heterocycles. The quantitative estimate of drug-likeness (QED) is 0.152. The van der Waals surface area contributed by atoms with Gasteiger partial charge in [-0.15, -0.1) is 0 Å². The lowest BCUT2D eigenvalue weighted by Crippen LogP contribution is -2.04. The van der Waals surface area contributed by atoms with Crippen molar-refractivity contribution in [3.05, 3.63) is 124 Å². The third kappa shape index (κ3) is 5.68. The Labute approximate surface area is 236 Å². The minimum absolute atomic E-state index is 0.319. The summed E-state index contributed by atoms with van der Waals surface area (Å²) < 4.78 is 8.54. The number of anilines is 1. The Morgan fingerprint density at radius 1 is 0.974 bits per heavy atom. The minimum Gasteiger partial charge on any atom is -0.380 e. The topological polar surface area (TPSA) is 75.2 Å². The van der Waals surface area contributed by atoms with E-state index in [1.807, 2.05) is 61.5 Å². The largest absolute Gasteiger partial charge is 0.380 e. The number of hydrazone groups is 1. The van der Waals surface area contributed by atoms with Gasteiger partial charge in [0.2, 0.25) is 0 Å². The van der Waals surface area contributed by atoms with E-state index in [9.17, 15) is 5.26 Å². The smallest absolute Gasteiger partial charge is 0.164 e. The Hall–Kier alpha value is -4.51. The maximum Gasteiger partial charge on any atom is 0.164 e. The first kappa shape index (κ1) is 26.1. The van der Waals surface area contributed by atoms with Crippen LogP contribution >= 0.6 is 15.9 Å². The molecule has 0 unspecified atom stereocenters. The molecule has 0 aliphatic carbocycles. The lowest BCUT2D eigenvalue weighted by Gasteiger charge is -2.15.